The molecular formula is C15H29N2O3P. The third-order valence-electron chi connectivity index (χ3n) is 3.29. The summed E-state index contributed by atoms with van der Waals surface area (Å²) in [7, 11) is -1.25. The van der Waals surface area contributed by atoms with E-state index in [1.165, 1.54) is 0 Å². The van der Waals surface area contributed by atoms with Crippen LogP contribution in [0.3, 0.4) is 0 Å². The summed E-state index contributed by atoms with van der Waals surface area (Å²) in [4.78, 5) is 3.34. The lowest BCUT2D eigenvalue weighted by Gasteiger charge is -2.37. The zero-order valence-electron chi connectivity index (χ0n) is 14.8. The highest BCUT2D eigenvalue weighted by molar-refractivity contribution is 7.44. The van der Waals surface area contributed by atoms with Crippen LogP contribution in [0.15, 0.2) is 0 Å². The molecule has 0 N–H and O–H groups in total. The van der Waals surface area contributed by atoms with E-state index in [9.17, 15) is 0 Å². The standard InChI is InChI=1S/C15H29N2O3P/c1-7-14-15(8-10-18-14)20-21(19-11-9-16-6)17(12(2)3)13(4)5/h12-15H,7-11H2,1-5H3/t14-,15-,21?/m1/s1/i10T/t10?,14-,15-,21?. The van der Waals surface area contributed by atoms with Crippen molar-refractivity contribution < 1.29 is 15.2 Å². The predicted octanol–water partition coefficient (Wildman–Crippen LogP) is 3.85. The fraction of sp³-hybridized carbons (Fsp3) is 0.933. The van der Waals surface area contributed by atoms with Crippen molar-refractivity contribution in [2.24, 2.45) is 0 Å². The summed E-state index contributed by atoms with van der Waals surface area (Å²) >= 11 is 0. The van der Waals surface area contributed by atoms with Crippen LogP contribution in [0.25, 0.3) is 4.85 Å². The summed E-state index contributed by atoms with van der Waals surface area (Å²) < 4.78 is 27.7. The van der Waals surface area contributed by atoms with E-state index in [1.807, 2.05) is 6.92 Å². The van der Waals surface area contributed by atoms with Crippen LogP contribution in [-0.2, 0) is 13.8 Å². The van der Waals surface area contributed by atoms with Crippen molar-refractivity contribution in [2.75, 3.05) is 19.7 Å². The average Bonchev–Trinajstić information content (AvgIpc) is 2.78. The van der Waals surface area contributed by atoms with Crippen molar-refractivity contribution in [3.63, 3.8) is 0 Å². The molecule has 1 fully saturated rings. The minimum atomic E-state index is -1.25. The molecule has 21 heavy (non-hydrogen) atoms. The molecule has 0 amide bonds. The van der Waals surface area contributed by atoms with Crippen molar-refractivity contribution in [3.05, 3.63) is 11.4 Å². The van der Waals surface area contributed by atoms with Gasteiger partial charge in [0.05, 0.1) is 13.6 Å². The van der Waals surface area contributed by atoms with Crippen LogP contribution in [0.5, 0.6) is 0 Å². The average molecular weight is 318 g/mol. The molecule has 1 aliphatic rings. The predicted molar refractivity (Wildman–Crippen MR) is 86.0 cm³/mol. The van der Waals surface area contributed by atoms with Gasteiger partial charge >= 0.3 is 0 Å². The topological polar surface area (TPSA) is 35.3 Å². The highest BCUT2D eigenvalue weighted by Crippen LogP contribution is 2.48. The Morgan fingerprint density at radius 2 is 2.10 bits per heavy atom. The molecule has 4 atom stereocenters. The smallest absolute Gasteiger partial charge is 0.259 e. The molecule has 0 aliphatic carbocycles. The van der Waals surface area contributed by atoms with Gasteiger partial charge in [0.25, 0.3) is 8.53 Å². The molecule has 0 aromatic heterocycles. The SMILES string of the molecule is [3H]C1C[C@@H](OP(OCC[N+]#[C-])N(C(C)C)C(C)C)[C@@H](CC)O1. The third-order valence-corrected chi connectivity index (χ3v) is 5.45. The Balaban J connectivity index is 2.78. The lowest BCUT2D eigenvalue weighted by atomic mass is 10.1. The maximum atomic E-state index is 7.80. The first-order valence-corrected chi connectivity index (χ1v) is 8.82. The van der Waals surface area contributed by atoms with Gasteiger partial charge in [0, 0.05) is 18.7 Å². The van der Waals surface area contributed by atoms with Gasteiger partial charge in [-0.1, -0.05) is 6.92 Å². The zero-order valence-corrected chi connectivity index (χ0v) is 14.7. The number of hydrogen-bond donors (Lipinski definition) is 0. The summed E-state index contributed by atoms with van der Waals surface area (Å²) in [6.07, 6.45) is 1.26. The van der Waals surface area contributed by atoms with E-state index >= 15 is 0 Å². The second kappa shape index (κ2) is 9.71. The molecular weight excluding hydrogens is 287 g/mol. The zero-order chi connectivity index (χ0) is 16.7. The molecule has 1 heterocycles. The van der Waals surface area contributed by atoms with Crippen LogP contribution in [0, 0.1) is 6.57 Å². The van der Waals surface area contributed by atoms with Gasteiger partial charge in [-0.05, 0) is 40.5 Å². The molecule has 0 radical (unpaired) electrons. The van der Waals surface area contributed by atoms with Gasteiger partial charge in [0.2, 0.25) is 6.54 Å². The Hall–Kier alpha value is -0.240. The summed E-state index contributed by atoms with van der Waals surface area (Å²) in [5.74, 6) is 0. The van der Waals surface area contributed by atoms with Gasteiger partial charge in [-0.2, -0.15) is 0 Å². The van der Waals surface area contributed by atoms with E-state index in [0.29, 0.717) is 19.6 Å². The molecule has 0 spiro atoms. The summed E-state index contributed by atoms with van der Waals surface area (Å²) in [5, 5.41) is 0. The quantitative estimate of drug-likeness (QED) is 0.367. The van der Waals surface area contributed by atoms with Crippen LogP contribution >= 0.6 is 8.53 Å². The lowest BCUT2D eigenvalue weighted by molar-refractivity contribution is 0.0410. The van der Waals surface area contributed by atoms with E-state index in [1.54, 1.807) is 0 Å². The van der Waals surface area contributed by atoms with Gasteiger partial charge in [0.15, 0.2) is 0 Å². The van der Waals surface area contributed by atoms with Crippen molar-refractivity contribution in [1.29, 1.82) is 0 Å². The maximum Gasteiger partial charge on any atom is 0.259 e. The molecule has 1 aliphatic heterocycles. The molecule has 0 bridgehead atoms. The van der Waals surface area contributed by atoms with E-state index in [2.05, 4.69) is 37.2 Å². The van der Waals surface area contributed by atoms with Gasteiger partial charge in [-0.3, -0.25) is 0 Å². The van der Waals surface area contributed by atoms with Crippen LogP contribution in [0.4, 0.5) is 0 Å². The summed E-state index contributed by atoms with van der Waals surface area (Å²) in [6, 6.07) is 0.571. The van der Waals surface area contributed by atoms with Crippen LogP contribution < -0.4 is 0 Å². The molecule has 0 aromatic carbocycles. The molecule has 5 nitrogen and oxygen atoms in total. The molecule has 122 valence electrons. The minimum absolute atomic E-state index is 0.0434. The highest BCUT2D eigenvalue weighted by atomic mass is 31.2. The van der Waals surface area contributed by atoms with E-state index in [-0.39, 0.29) is 24.3 Å². The van der Waals surface area contributed by atoms with Gasteiger partial charge in [-0.25, -0.2) is 11.2 Å². The highest BCUT2D eigenvalue weighted by Gasteiger charge is 2.35. The maximum absolute atomic E-state index is 7.80. The number of rotatable bonds is 9. The first kappa shape index (κ1) is 17.1. The molecule has 1 saturated heterocycles. The van der Waals surface area contributed by atoms with Crippen molar-refractivity contribution in [1.82, 2.24) is 4.67 Å². The van der Waals surface area contributed by atoms with E-state index in [0.717, 1.165) is 6.42 Å². The summed E-state index contributed by atoms with van der Waals surface area (Å²) in [6.45, 7) is 17.6. The van der Waals surface area contributed by atoms with Crippen molar-refractivity contribution in [3.8, 4) is 0 Å². The lowest BCUT2D eigenvalue weighted by Crippen LogP contribution is -2.35. The first-order chi connectivity index (χ1) is 10.4. The Morgan fingerprint density at radius 1 is 1.43 bits per heavy atom. The first-order valence-electron chi connectivity index (χ1n) is 8.27. The van der Waals surface area contributed by atoms with Crippen LogP contribution in [-0.4, -0.2) is 48.7 Å². The number of nitrogens with zero attached hydrogens (tertiary/aromatic N) is 2. The largest absolute Gasteiger partial charge is 0.375 e. The van der Waals surface area contributed by atoms with Crippen LogP contribution in [0.1, 0.15) is 48.8 Å². The molecule has 0 saturated carbocycles. The Morgan fingerprint density at radius 3 is 2.62 bits per heavy atom. The molecule has 1 rings (SSSR count). The normalized spacial score (nSPS) is 28.1. The van der Waals surface area contributed by atoms with Crippen molar-refractivity contribution in [2.45, 2.75) is 71.8 Å². The Labute approximate surface area is 132 Å². The van der Waals surface area contributed by atoms with Crippen molar-refractivity contribution >= 4 is 8.53 Å². The number of ether oxygens (including phenoxy) is 1. The molecule has 6 heteroatoms. The van der Waals surface area contributed by atoms with Gasteiger partial charge in [-0.15, -0.1) is 0 Å². The van der Waals surface area contributed by atoms with E-state index in [4.69, 9.17) is 21.7 Å². The second-order valence-electron chi connectivity index (χ2n) is 5.65. The van der Waals surface area contributed by atoms with Crippen LogP contribution in [0.2, 0.25) is 0 Å². The van der Waals surface area contributed by atoms with Gasteiger partial charge < -0.3 is 18.6 Å². The molecule has 2 unspecified atom stereocenters. The fourth-order valence-electron chi connectivity index (χ4n) is 2.39. The molecule has 0 aromatic rings. The third kappa shape index (κ3) is 5.81. The Kier molecular flexibility index (Phi) is 7.92. The fourth-order valence-corrected chi connectivity index (χ4v) is 4.14. The Bertz CT molecular complexity index is 357. The van der Waals surface area contributed by atoms with Gasteiger partial charge in [0.1, 0.15) is 6.61 Å². The van der Waals surface area contributed by atoms with E-state index < -0.39 is 15.1 Å². The second-order valence-corrected chi connectivity index (χ2v) is 7.06. The number of hydrogen-bond acceptors (Lipinski definition) is 4. The minimum Gasteiger partial charge on any atom is -0.375 e. The summed E-state index contributed by atoms with van der Waals surface area (Å²) in [5.41, 5.74) is 0. The monoisotopic (exact) mass is 318 g/mol.